The Kier molecular flexibility index (Phi) is 3.18. The molecule has 0 aliphatic carbocycles. The van der Waals surface area contributed by atoms with E-state index in [1.54, 1.807) is 0 Å². The van der Waals surface area contributed by atoms with Crippen molar-refractivity contribution < 1.29 is 9.47 Å². The highest BCUT2D eigenvalue weighted by Gasteiger charge is 2.19. The first kappa shape index (κ1) is 10.9. The number of piperidine rings is 1. The van der Waals surface area contributed by atoms with E-state index < -0.39 is 0 Å². The fourth-order valence-corrected chi connectivity index (χ4v) is 2.69. The quantitative estimate of drug-likeness (QED) is 0.847. The fourth-order valence-electron chi connectivity index (χ4n) is 2.69. The van der Waals surface area contributed by atoms with Crippen LogP contribution in [0.1, 0.15) is 18.4 Å². The van der Waals surface area contributed by atoms with Crippen molar-refractivity contribution in [2.45, 2.75) is 19.3 Å². The van der Waals surface area contributed by atoms with Gasteiger partial charge in [-0.25, -0.2) is 0 Å². The predicted molar refractivity (Wildman–Crippen MR) is 66.7 cm³/mol. The van der Waals surface area contributed by atoms with E-state index in [1.165, 1.54) is 18.4 Å². The third-order valence-electron chi connectivity index (χ3n) is 3.62. The van der Waals surface area contributed by atoms with Crippen molar-refractivity contribution in [2.24, 2.45) is 5.92 Å². The smallest absolute Gasteiger partial charge is 0.164 e. The maximum atomic E-state index is 5.76. The Morgan fingerprint density at radius 2 is 1.94 bits per heavy atom. The normalized spacial score (nSPS) is 20.2. The van der Waals surface area contributed by atoms with E-state index in [1.807, 2.05) is 6.07 Å². The number of rotatable bonds is 2. The number of fused-ring (bicyclic) bond motifs is 1. The molecule has 0 spiro atoms. The second-order valence-electron chi connectivity index (χ2n) is 4.84. The van der Waals surface area contributed by atoms with Crippen molar-refractivity contribution in [3.05, 3.63) is 23.8 Å². The van der Waals surface area contributed by atoms with Gasteiger partial charge in [0.2, 0.25) is 0 Å². The SMILES string of the molecule is c1cc(CC2CCNCC2)c2c(c1)OCCO2. The average molecular weight is 233 g/mol. The van der Waals surface area contributed by atoms with Crippen LogP contribution < -0.4 is 14.8 Å². The maximum Gasteiger partial charge on any atom is 0.164 e. The van der Waals surface area contributed by atoms with Crippen molar-refractivity contribution in [3.63, 3.8) is 0 Å². The summed E-state index contributed by atoms with van der Waals surface area (Å²) < 4.78 is 11.4. The second-order valence-corrected chi connectivity index (χ2v) is 4.84. The highest BCUT2D eigenvalue weighted by Crippen LogP contribution is 2.35. The van der Waals surface area contributed by atoms with Gasteiger partial charge in [-0.1, -0.05) is 12.1 Å². The Labute approximate surface area is 102 Å². The Bertz CT molecular complexity index is 386. The van der Waals surface area contributed by atoms with Crippen LogP contribution in [0.4, 0.5) is 0 Å². The number of ether oxygens (including phenoxy) is 2. The van der Waals surface area contributed by atoms with Crippen molar-refractivity contribution in [2.75, 3.05) is 26.3 Å². The molecule has 3 nitrogen and oxygen atoms in total. The van der Waals surface area contributed by atoms with E-state index in [-0.39, 0.29) is 0 Å². The molecule has 0 radical (unpaired) electrons. The molecule has 1 aromatic rings. The lowest BCUT2D eigenvalue weighted by Crippen LogP contribution is -2.29. The lowest BCUT2D eigenvalue weighted by atomic mass is 9.90. The Balaban J connectivity index is 1.77. The molecule has 1 N–H and O–H groups in total. The van der Waals surface area contributed by atoms with Gasteiger partial charge in [0, 0.05) is 0 Å². The molecule has 2 aliphatic rings. The average Bonchev–Trinajstić information content (AvgIpc) is 2.40. The van der Waals surface area contributed by atoms with Crippen molar-refractivity contribution >= 4 is 0 Å². The van der Waals surface area contributed by atoms with Gasteiger partial charge in [-0.2, -0.15) is 0 Å². The van der Waals surface area contributed by atoms with E-state index in [9.17, 15) is 0 Å². The molecule has 3 rings (SSSR count). The summed E-state index contributed by atoms with van der Waals surface area (Å²) in [7, 11) is 0. The summed E-state index contributed by atoms with van der Waals surface area (Å²) in [5.41, 5.74) is 1.31. The zero-order valence-electron chi connectivity index (χ0n) is 10.1. The Morgan fingerprint density at radius 1 is 1.12 bits per heavy atom. The van der Waals surface area contributed by atoms with Crippen molar-refractivity contribution in [1.82, 2.24) is 5.32 Å². The summed E-state index contributed by atoms with van der Waals surface area (Å²) in [6.07, 6.45) is 3.66. The van der Waals surface area contributed by atoms with E-state index in [4.69, 9.17) is 9.47 Å². The molecule has 0 aromatic heterocycles. The molecule has 92 valence electrons. The molecule has 0 atom stereocenters. The van der Waals surface area contributed by atoms with Gasteiger partial charge >= 0.3 is 0 Å². The zero-order valence-corrected chi connectivity index (χ0v) is 10.1. The monoisotopic (exact) mass is 233 g/mol. The van der Waals surface area contributed by atoms with Crippen LogP contribution in [0.3, 0.4) is 0 Å². The molecular formula is C14H19NO2. The zero-order chi connectivity index (χ0) is 11.5. The number of nitrogens with one attached hydrogen (secondary N) is 1. The largest absolute Gasteiger partial charge is 0.486 e. The van der Waals surface area contributed by atoms with E-state index in [0.717, 1.165) is 36.9 Å². The van der Waals surface area contributed by atoms with Gasteiger partial charge in [0.1, 0.15) is 13.2 Å². The summed E-state index contributed by atoms with van der Waals surface area (Å²) in [6.45, 7) is 3.65. The van der Waals surface area contributed by atoms with Crippen molar-refractivity contribution in [1.29, 1.82) is 0 Å². The van der Waals surface area contributed by atoms with Crippen molar-refractivity contribution in [3.8, 4) is 11.5 Å². The summed E-state index contributed by atoms with van der Waals surface area (Å²) in [4.78, 5) is 0. The minimum atomic E-state index is 0.670. The number of benzene rings is 1. The highest BCUT2D eigenvalue weighted by molar-refractivity contribution is 5.47. The topological polar surface area (TPSA) is 30.5 Å². The fraction of sp³-hybridized carbons (Fsp3) is 0.571. The van der Waals surface area contributed by atoms with Gasteiger partial charge < -0.3 is 14.8 Å². The van der Waals surface area contributed by atoms with Gasteiger partial charge in [0.15, 0.2) is 11.5 Å². The lowest BCUT2D eigenvalue weighted by molar-refractivity contribution is 0.169. The molecule has 0 saturated carbocycles. The van der Waals surface area contributed by atoms with Gasteiger partial charge in [-0.15, -0.1) is 0 Å². The molecular weight excluding hydrogens is 214 g/mol. The van der Waals surface area contributed by atoms with Gasteiger partial charge in [0.05, 0.1) is 0 Å². The molecule has 17 heavy (non-hydrogen) atoms. The second kappa shape index (κ2) is 4.96. The van der Waals surface area contributed by atoms with Crippen LogP contribution in [0.25, 0.3) is 0 Å². The van der Waals surface area contributed by atoms with Crippen LogP contribution in [0.5, 0.6) is 11.5 Å². The van der Waals surface area contributed by atoms with Gasteiger partial charge in [0.25, 0.3) is 0 Å². The lowest BCUT2D eigenvalue weighted by Gasteiger charge is -2.25. The molecule has 0 amide bonds. The van der Waals surface area contributed by atoms with Gasteiger partial charge in [-0.05, 0) is 49.9 Å². The summed E-state index contributed by atoms with van der Waals surface area (Å²) in [6, 6.07) is 6.25. The summed E-state index contributed by atoms with van der Waals surface area (Å²) in [5.74, 6) is 2.69. The van der Waals surface area contributed by atoms with Crippen LogP contribution in [-0.2, 0) is 6.42 Å². The number of para-hydroxylation sites is 1. The molecule has 1 aromatic carbocycles. The predicted octanol–water partition coefficient (Wildman–Crippen LogP) is 2.00. The first-order chi connectivity index (χ1) is 8.43. The minimum absolute atomic E-state index is 0.670. The maximum absolute atomic E-state index is 5.76. The minimum Gasteiger partial charge on any atom is -0.486 e. The number of hydrogen-bond acceptors (Lipinski definition) is 3. The Morgan fingerprint density at radius 3 is 2.82 bits per heavy atom. The third-order valence-corrected chi connectivity index (χ3v) is 3.62. The number of hydrogen-bond donors (Lipinski definition) is 1. The first-order valence-corrected chi connectivity index (χ1v) is 6.52. The molecule has 2 aliphatic heterocycles. The van der Waals surface area contributed by atoms with Crippen LogP contribution >= 0.6 is 0 Å². The van der Waals surface area contributed by atoms with E-state index in [2.05, 4.69) is 17.4 Å². The summed E-state index contributed by atoms with van der Waals surface area (Å²) in [5, 5.41) is 3.41. The summed E-state index contributed by atoms with van der Waals surface area (Å²) >= 11 is 0. The Hall–Kier alpha value is -1.22. The first-order valence-electron chi connectivity index (χ1n) is 6.52. The molecule has 1 saturated heterocycles. The van der Waals surface area contributed by atoms with E-state index >= 15 is 0 Å². The van der Waals surface area contributed by atoms with E-state index in [0.29, 0.717) is 13.2 Å². The van der Waals surface area contributed by atoms with Gasteiger partial charge in [-0.3, -0.25) is 0 Å². The molecule has 2 heterocycles. The standard InChI is InChI=1S/C14H19NO2/c1-2-12(10-11-4-6-15-7-5-11)14-13(3-1)16-8-9-17-14/h1-3,11,15H,4-10H2. The third kappa shape index (κ3) is 2.39. The molecule has 0 bridgehead atoms. The molecule has 3 heteroatoms. The van der Waals surface area contributed by atoms with Crippen LogP contribution in [-0.4, -0.2) is 26.3 Å². The molecule has 1 fully saturated rings. The van der Waals surface area contributed by atoms with Crippen LogP contribution in [0.15, 0.2) is 18.2 Å². The van der Waals surface area contributed by atoms with Crippen LogP contribution in [0.2, 0.25) is 0 Å². The molecule has 0 unspecified atom stereocenters. The highest BCUT2D eigenvalue weighted by atomic mass is 16.6. The van der Waals surface area contributed by atoms with Crippen LogP contribution in [0, 0.1) is 5.92 Å².